The lowest BCUT2D eigenvalue weighted by Crippen LogP contribution is -2.12. The zero-order valence-corrected chi connectivity index (χ0v) is 14.9. The third-order valence-electron chi connectivity index (χ3n) is 3.73. The summed E-state index contributed by atoms with van der Waals surface area (Å²) < 4.78 is 0.828. The van der Waals surface area contributed by atoms with Crippen molar-refractivity contribution in [2.24, 2.45) is 0 Å². The summed E-state index contributed by atoms with van der Waals surface area (Å²) in [4.78, 5) is 24.9. The number of hydrogen-bond donors (Lipinski definition) is 2. The van der Waals surface area contributed by atoms with Gasteiger partial charge in [0.05, 0.1) is 28.3 Å². The quantitative estimate of drug-likeness (QED) is 0.553. The molecule has 0 saturated heterocycles. The Kier molecular flexibility index (Phi) is 4.24. The van der Waals surface area contributed by atoms with E-state index in [0.717, 1.165) is 21.3 Å². The predicted molar refractivity (Wildman–Crippen MR) is 104 cm³/mol. The molecule has 0 saturated carbocycles. The van der Waals surface area contributed by atoms with Crippen LogP contribution in [0.1, 0.15) is 10.4 Å². The van der Waals surface area contributed by atoms with Crippen molar-refractivity contribution in [3.05, 3.63) is 65.7 Å². The number of nitrogens with one attached hydrogen (secondary N) is 1. The molecule has 8 heteroatoms. The third-order valence-corrected chi connectivity index (χ3v) is 4.79. The van der Waals surface area contributed by atoms with Gasteiger partial charge >= 0.3 is 0 Å². The number of fused-ring (bicyclic) bond motifs is 1. The molecule has 2 aromatic heterocycles. The predicted octanol–water partition coefficient (Wildman–Crippen LogP) is 4.24. The first-order valence-electron chi connectivity index (χ1n) is 7.62. The number of nitrogens with zero attached hydrogens (tertiary/aromatic N) is 3. The Morgan fingerprint density at radius 2 is 1.96 bits per heavy atom. The first kappa shape index (κ1) is 16.4. The van der Waals surface area contributed by atoms with E-state index in [2.05, 4.69) is 20.3 Å². The van der Waals surface area contributed by atoms with Crippen molar-refractivity contribution < 1.29 is 4.79 Å². The Labute approximate surface area is 157 Å². The molecule has 0 atom stereocenters. The van der Waals surface area contributed by atoms with Crippen LogP contribution in [0.2, 0.25) is 5.02 Å². The highest BCUT2D eigenvalue weighted by Crippen LogP contribution is 2.35. The van der Waals surface area contributed by atoms with Gasteiger partial charge in [-0.25, -0.2) is 15.0 Å². The van der Waals surface area contributed by atoms with Crippen LogP contribution in [0.15, 0.2) is 55.1 Å². The monoisotopic (exact) mass is 381 g/mol. The summed E-state index contributed by atoms with van der Waals surface area (Å²) in [7, 11) is 0. The van der Waals surface area contributed by atoms with E-state index in [1.807, 2.05) is 18.2 Å². The van der Waals surface area contributed by atoms with Gasteiger partial charge in [0.2, 0.25) is 0 Å². The Balaban J connectivity index is 1.82. The highest BCUT2D eigenvalue weighted by Gasteiger charge is 2.15. The lowest BCUT2D eigenvalue weighted by Gasteiger charge is -2.08. The van der Waals surface area contributed by atoms with Gasteiger partial charge in [-0.15, -0.1) is 0 Å². The molecule has 2 heterocycles. The molecular weight excluding hydrogens is 370 g/mol. The highest BCUT2D eigenvalue weighted by molar-refractivity contribution is 7.22. The van der Waals surface area contributed by atoms with E-state index < -0.39 is 0 Å². The molecule has 0 aliphatic rings. The zero-order valence-electron chi connectivity index (χ0n) is 13.3. The maximum absolute atomic E-state index is 12.7. The summed E-state index contributed by atoms with van der Waals surface area (Å²) >= 11 is 7.46. The Hall–Kier alpha value is -3.03. The van der Waals surface area contributed by atoms with E-state index >= 15 is 0 Å². The normalized spacial score (nSPS) is 10.8. The number of aromatic nitrogens is 3. The van der Waals surface area contributed by atoms with Crippen molar-refractivity contribution in [3.8, 4) is 11.1 Å². The number of benzene rings is 2. The minimum absolute atomic E-state index is 0.267. The van der Waals surface area contributed by atoms with Crippen LogP contribution in [0.5, 0.6) is 0 Å². The first-order valence-corrected chi connectivity index (χ1v) is 8.82. The molecule has 6 nitrogen and oxygen atoms in total. The molecule has 0 spiro atoms. The van der Waals surface area contributed by atoms with Crippen LogP contribution in [0.3, 0.4) is 0 Å². The molecular formula is C18H12ClN5OS. The van der Waals surface area contributed by atoms with Gasteiger partial charge in [-0.05, 0) is 29.8 Å². The minimum atomic E-state index is -0.267. The van der Waals surface area contributed by atoms with Gasteiger partial charge in [-0.2, -0.15) is 0 Å². The summed E-state index contributed by atoms with van der Waals surface area (Å²) in [6, 6.07) is 11.0. The number of hydrogen-bond acceptors (Lipinski definition) is 6. The number of nitrogens with two attached hydrogens (primary N) is 1. The van der Waals surface area contributed by atoms with Crippen LogP contribution in [-0.4, -0.2) is 20.9 Å². The fourth-order valence-electron chi connectivity index (χ4n) is 2.62. The molecule has 0 radical (unpaired) electrons. The van der Waals surface area contributed by atoms with E-state index in [9.17, 15) is 4.79 Å². The largest absolute Gasteiger partial charge is 0.375 e. The number of anilines is 2. The number of carbonyl (C=O) groups is 1. The third kappa shape index (κ3) is 3.22. The zero-order chi connectivity index (χ0) is 18.1. The molecule has 4 aromatic rings. The number of nitrogen functional groups attached to an aromatic ring is 1. The Morgan fingerprint density at radius 3 is 2.73 bits per heavy atom. The number of rotatable bonds is 3. The molecule has 2 aromatic carbocycles. The summed E-state index contributed by atoms with van der Waals surface area (Å²) in [5.41, 5.74) is 9.30. The number of amides is 1. The maximum Gasteiger partial charge on any atom is 0.255 e. The van der Waals surface area contributed by atoms with E-state index in [1.165, 1.54) is 30.1 Å². The van der Waals surface area contributed by atoms with Gasteiger partial charge in [0.25, 0.3) is 5.91 Å². The van der Waals surface area contributed by atoms with E-state index in [1.54, 1.807) is 18.2 Å². The molecule has 4 rings (SSSR count). The van der Waals surface area contributed by atoms with E-state index in [-0.39, 0.29) is 5.91 Å². The topological polar surface area (TPSA) is 93.8 Å². The van der Waals surface area contributed by atoms with Gasteiger partial charge < -0.3 is 11.1 Å². The molecule has 0 aliphatic heterocycles. The second kappa shape index (κ2) is 6.70. The Bertz CT molecular complexity index is 1110. The van der Waals surface area contributed by atoms with Crippen molar-refractivity contribution in [3.63, 3.8) is 0 Å². The SMILES string of the molecule is Nc1nc2c(-c3cccc(Cl)c3)cc(C(=O)Nc3cncnc3)cc2s1. The molecule has 0 fully saturated rings. The lowest BCUT2D eigenvalue weighted by atomic mass is 10.0. The van der Waals surface area contributed by atoms with Crippen LogP contribution >= 0.6 is 22.9 Å². The molecule has 0 aliphatic carbocycles. The minimum Gasteiger partial charge on any atom is -0.375 e. The lowest BCUT2D eigenvalue weighted by molar-refractivity contribution is 0.102. The first-order chi connectivity index (χ1) is 12.6. The number of carbonyl (C=O) groups excluding carboxylic acids is 1. The standard InChI is InChI=1S/C18H12ClN5OS/c19-12-3-1-2-10(4-12)14-5-11(6-15-16(14)24-18(20)26-15)17(25)23-13-7-21-9-22-8-13/h1-9H,(H2,20,24)(H,23,25). The molecule has 1 amide bonds. The van der Waals surface area contributed by atoms with Crippen molar-refractivity contribution in [1.29, 1.82) is 0 Å². The van der Waals surface area contributed by atoms with Crippen molar-refractivity contribution >= 4 is 49.9 Å². The van der Waals surface area contributed by atoms with Crippen LogP contribution in [0, 0.1) is 0 Å². The fourth-order valence-corrected chi connectivity index (χ4v) is 3.61. The smallest absolute Gasteiger partial charge is 0.255 e. The van der Waals surface area contributed by atoms with Gasteiger partial charge in [0.15, 0.2) is 5.13 Å². The molecule has 0 unspecified atom stereocenters. The van der Waals surface area contributed by atoms with E-state index in [4.69, 9.17) is 17.3 Å². The van der Waals surface area contributed by atoms with Crippen molar-refractivity contribution in [2.45, 2.75) is 0 Å². The van der Waals surface area contributed by atoms with Crippen molar-refractivity contribution in [1.82, 2.24) is 15.0 Å². The van der Waals surface area contributed by atoms with Gasteiger partial charge in [-0.1, -0.05) is 35.1 Å². The second-order valence-electron chi connectivity index (χ2n) is 5.51. The molecule has 0 bridgehead atoms. The van der Waals surface area contributed by atoms with Crippen LogP contribution in [-0.2, 0) is 0 Å². The maximum atomic E-state index is 12.7. The van der Waals surface area contributed by atoms with Crippen molar-refractivity contribution in [2.75, 3.05) is 11.1 Å². The van der Waals surface area contributed by atoms with Crippen LogP contribution < -0.4 is 11.1 Å². The average Bonchev–Trinajstić information content (AvgIpc) is 3.01. The number of thiazole rings is 1. The fraction of sp³-hybridized carbons (Fsp3) is 0. The Morgan fingerprint density at radius 1 is 1.15 bits per heavy atom. The van der Waals surface area contributed by atoms with E-state index in [0.29, 0.717) is 21.4 Å². The summed E-state index contributed by atoms with van der Waals surface area (Å²) in [6.07, 6.45) is 4.47. The van der Waals surface area contributed by atoms with Crippen LogP contribution in [0.4, 0.5) is 10.8 Å². The highest BCUT2D eigenvalue weighted by atomic mass is 35.5. The van der Waals surface area contributed by atoms with Crippen LogP contribution in [0.25, 0.3) is 21.3 Å². The second-order valence-corrected chi connectivity index (χ2v) is 7.01. The van der Waals surface area contributed by atoms with Gasteiger partial charge in [0.1, 0.15) is 6.33 Å². The summed E-state index contributed by atoms with van der Waals surface area (Å²) in [6.45, 7) is 0. The summed E-state index contributed by atoms with van der Waals surface area (Å²) in [5.74, 6) is -0.267. The number of halogens is 1. The van der Waals surface area contributed by atoms with Gasteiger partial charge in [0, 0.05) is 16.1 Å². The molecule has 26 heavy (non-hydrogen) atoms. The molecule has 128 valence electrons. The summed E-state index contributed by atoms with van der Waals surface area (Å²) in [5, 5.41) is 3.83. The average molecular weight is 382 g/mol. The van der Waals surface area contributed by atoms with Gasteiger partial charge in [-0.3, -0.25) is 4.79 Å². The molecule has 3 N–H and O–H groups in total.